The van der Waals surface area contributed by atoms with Crippen molar-refractivity contribution in [2.75, 3.05) is 17.6 Å². The van der Waals surface area contributed by atoms with Crippen molar-refractivity contribution in [2.45, 2.75) is 26.2 Å². The number of hydrogen-bond donors (Lipinski definition) is 2. The molecule has 3 N–H and O–H groups in total. The number of hydrogen-bond acceptors (Lipinski definition) is 4. The van der Waals surface area contributed by atoms with Crippen LogP contribution < -0.4 is 11.1 Å². The van der Waals surface area contributed by atoms with E-state index in [0.717, 1.165) is 29.4 Å². The van der Waals surface area contributed by atoms with Crippen LogP contribution in [0.15, 0.2) is 36.5 Å². The Morgan fingerprint density at radius 2 is 2.00 bits per heavy atom. The molecule has 0 aliphatic heterocycles. The van der Waals surface area contributed by atoms with Crippen LogP contribution in [0.3, 0.4) is 0 Å². The molecule has 0 spiro atoms. The maximum atomic E-state index is 5.76. The van der Waals surface area contributed by atoms with E-state index in [-0.39, 0.29) is 5.41 Å². The van der Waals surface area contributed by atoms with Gasteiger partial charge in [-0.25, -0.2) is 4.98 Å². The summed E-state index contributed by atoms with van der Waals surface area (Å²) in [6, 6.07) is 9.76. The molecule has 0 aliphatic carbocycles. The molecule has 4 nitrogen and oxygen atoms in total. The first-order valence-electron chi connectivity index (χ1n) is 6.37. The number of nitrogen functional groups attached to an aromatic ring is 1. The molecule has 0 amide bonds. The first kappa shape index (κ1) is 13.3. The van der Waals surface area contributed by atoms with Gasteiger partial charge in [-0.05, 0) is 31.2 Å². The molecule has 0 aliphatic rings. The zero-order valence-electron chi connectivity index (χ0n) is 11.6. The number of nitrogens with two attached hydrogens (primary N) is 1. The summed E-state index contributed by atoms with van der Waals surface area (Å²) in [5, 5.41) is 3.34. The van der Waals surface area contributed by atoms with Crippen molar-refractivity contribution in [2.24, 2.45) is 0 Å². The Balaban J connectivity index is 2.07. The Labute approximate surface area is 114 Å². The first-order chi connectivity index (χ1) is 8.99. The SMILES string of the molecule is Cc1nc(NCC(C)(C)c2ccccn2)ccc1N. The van der Waals surface area contributed by atoms with Gasteiger partial charge in [0, 0.05) is 23.9 Å². The Bertz CT molecular complexity index is 549. The topological polar surface area (TPSA) is 63.8 Å². The fourth-order valence-corrected chi connectivity index (χ4v) is 1.84. The second kappa shape index (κ2) is 5.26. The van der Waals surface area contributed by atoms with E-state index in [1.54, 1.807) is 0 Å². The van der Waals surface area contributed by atoms with Crippen LogP contribution in [0.5, 0.6) is 0 Å². The third kappa shape index (κ3) is 3.22. The standard InChI is InChI=1S/C15H20N4/c1-11-12(16)7-8-14(19-11)18-10-15(2,3)13-6-4-5-9-17-13/h4-9H,10,16H2,1-3H3,(H,18,19). The summed E-state index contributed by atoms with van der Waals surface area (Å²) in [7, 11) is 0. The number of nitrogens with zero attached hydrogens (tertiary/aromatic N) is 2. The molecule has 0 bridgehead atoms. The van der Waals surface area contributed by atoms with Gasteiger partial charge in [-0.1, -0.05) is 19.9 Å². The second-order valence-electron chi connectivity index (χ2n) is 5.32. The van der Waals surface area contributed by atoms with Crippen molar-refractivity contribution in [1.29, 1.82) is 0 Å². The van der Waals surface area contributed by atoms with Gasteiger partial charge in [0.2, 0.25) is 0 Å². The first-order valence-corrected chi connectivity index (χ1v) is 6.37. The monoisotopic (exact) mass is 256 g/mol. The van der Waals surface area contributed by atoms with Gasteiger partial charge in [0.15, 0.2) is 0 Å². The van der Waals surface area contributed by atoms with Gasteiger partial charge in [-0.3, -0.25) is 4.98 Å². The number of aryl methyl sites for hydroxylation is 1. The highest BCUT2D eigenvalue weighted by molar-refractivity contribution is 5.49. The predicted octanol–water partition coefficient (Wildman–Crippen LogP) is 2.76. The molecule has 0 aromatic carbocycles. The fraction of sp³-hybridized carbons (Fsp3) is 0.333. The summed E-state index contributed by atoms with van der Waals surface area (Å²) >= 11 is 0. The third-order valence-corrected chi connectivity index (χ3v) is 3.20. The molecule has 0 fully saturated rings. The lowest BCUT2D eigenvalue weighted by Crippen LogP contribution is -2.29. The third-order valence-electron chi connectivity index (χ3n) is 3.20. The lowest BCUT2D eigenvalue weighted by atomic mass is 9.89. The minimum Gasteiger partial charge on any atom is -0.397 e. The highest BCUT2D eigenvalue weighted by atomic mass is 15.0. The molecular weight excluding hydrogens is 236 g/mol. The normalized spacial score (nSPS) is 11.3. The fourth-order valence-electron chi connectivity index (χ4n) is 1.84. The van der Waals surface area contributed by atoms with Crippen LogP contribution in [0.1, 0.15) is 25.2 Å². The van der Waals surface area contributed by atoms with E-state index in [1.165, 1.54) is 0 Å². The minimum atomic E-state index is -0.0573. The van der Waals surface area contributed by atoms with E-state index in [9.17, 15) is 0 Å². The summed E-state index contributed by atoms with van der Waals surface area (Å²) in [5.74, 6) is 0.843. The number of nitrogens with one attached hydrogen (secondary N) is 1. The molecule has 100 valence electrons. The summed E-state index contributed by atoms with van der Waals surface area (Å²) < 4.78 is 0. The van der Waals surface area contributed by atoms with E-state index in [2.05, 4.69) is 29.1 Å². The van der Waals surface area contributed by atoms with Crippen molar-refractivity contribution in [3.05, 3.63) is 47.9 Å². The zero-order valence-corrected chi connectivity index (χ0v) is 11.6. The lowest BCUT2D eigenvalue weighted by molar-refractivity contribution is 0.537. The quantitative estimate of drug-likeness (QED) is 0.883. The molecule has 2 rings (SSSR count). The summed E-state index contributed by atoms with van der Waals surface area (Å²) in [6.45, 7) is 6.99. The van der Waals surface area contributed by atoms with E-state index < -0.39 is 0 Å². The van der Waals surface area contributed by atoms with Gasteiger partial charge in [0.1, 0.15) is 5.82 Å². The molecule has 19 heavy (non-hydrogen) atoms. The summed E-state index contributed by atoms with van der Waals surface area (Å²) in [4.78, 5) is 8.83. The predicted molar refractivity (Wildman–Crippen MR) is 79.1 cm³/mol. The van der Waals surface area contributed by atoms with Crippen LogP contribution in [-0.4, -0.2) is 16.5 Å². The average molecular weight is 256 g/mol. The summed E-state index contributed by atoms with van der Waals surface area (Å²) in [5.41, 5.74) is 8.33. The molecule has 4 heteroatoms. The van der Waals surface area contributed by atoms with Crippen LogP contribution in [0.2, 0.25) is 0 Å². The molecule has 0 saturated heterocycles. The van der Waals surface area contributed by atoms with E-state index in [0.29, 0.717) is 0 Å². The largest absolute Gasteiger partial charge is 0.397 e. The van der Waals surface area contributed by atoms with E-state index in [4.69, 9.17) is 5.73 Å². The smallest absolute Gasteiger partial charge is 0.126 e. The van der Waals surface area contributed by atoms with Crippen LogP contribution in [0.25, 0.3) is 0 Å². The van der Waals surface area contributed by atoms with Gasteiger partial charge in [-0.15, -0.1) is 0 Å². The Hall–Kier alpha value is -2.10. The zero-order chi connectivity index (χ0) is 13.9. The molecule has 0 saturated carbocycles. The van der Waals surface area contributed by atoms with Gasteiger partial charge >= 0.3 is 0 Å². The van der Waals surface area contributed by atoms with Gasteiger partial charge in [-0.2, -0.15) is 0 Å². The maximum absolute atomic E-state index is 5.76. The van der Waals surface area contributed by atoms with Crippen molar-refractivity contribution in [3.63, 3.8) is 0 Å². The van der Waals surface area contributed by atoms with Crippen LogP contribution in [0, 0.1) is 6.92 Å². The Kier molecular flexibility index (Phi) is 3.69. The Morgan fingerprint density at radius 1 is 1.21 bits per heavy atom. The number of anilines is 2. The van der Waals surface area contributed by atoms with Crippen molar-refractivity contribution >= 4 is 11.5 Å². The number of rotatable bonds is 4. The Morgan fingerprint density at radius 3 is 2.63 bits per heavy atom. The number of aromatic nitrogens is 2. The van der Waals surface area contributed by atoms with Gasteiger partial charge in [0.25, 0.3) is 0 Å². The molecule has 0 unspecified atom stereocenters. The van der Waals surface area contributed by atoms with Crippen molar-refractivity contribution in [3.8, 4) is 0 Å². The lowest BCUT2D eigenvalue weighted by Gasteiger charge is -2.24. The highest BCUT2D eigenvalue weighted by Crippen LogP contribution is 2.21. The van der Waals surface area contributed by atoms with Crippen molar-refractivity contribution in [1.82, 2.24) is 9.97 Å². The maximum Gasteiger partial charge on any atom is 0.126 e. The number of pyridine rings is 2. The van der Waals surface area contributed by atoms with Crippen LogP contribution in [0.4, 0.5) is 11.5 Å². The summed E-state index contributed by atoms with van der Waals surface area (Å²) in [6.07, 6.45) is 1.82. The van der Waals surface area contributed by atoms with Crippen molar-refractivity contribution < 1.29 is 0 Å². The molecule has 0 atom stereocenters. The molecular formula is C15H20N4. The molecule has 0 radical (unpaired) electrons. The van der Waals surface area contributed by atoms with Gasteiger partial charge in [0.05, 0.1) is 11.4 Å². The average Bonchev–Trinajstić information content (AvgIpc) is 2.41. The highest BCUT2D eigenvalue weighted by Gasteiger charge is 2.21. The van der Waals surface area contributed by atoms with E-state index in [1.807, 2.05) is 43.5 Å². The molecule has 2 aromatic heterocycles. The minimum absolute atomic E-state index is 0.0573. The van der Waals surface area contributed by atoms with Gasteiger partial charge < -0.3 is 11.1 Å². The second-order valence-corrected chi connectivity index (χ2v) is 5.32. The molecule has 2 aromatic rings. The van der Waals surface area contributed by atoms with E-state index >= 15 is 0 Å². The molecule has 2 heterocycles. The van der Waals surface area contributed by atoms with Crippen LogP contribution >= 0.6 is 0 Å². The van der Waals surface area contributed by atoms with Crippen LogP contribution in [-0.2, 0) is 5.41 Å².